The minimum Gasteiger partial charge on any atom is -0.309 e. The van der Waals surface area contributed by atoms with Crippen LogP contribution in [0.15, 0.2) is 47.7 Å². The van der Waals surface area contributed by atoms with Crippen molar-refractivity contribution in [2.45, 2.75) is 0 Å². The zero-order chi connectivity index (χ0) is 17.1. The summed E-state index contributed by atoms with van der Waals surface area (Å²) in [6.45, 7) is 0.344. The smallest absolute Gasteiger partial charge is 0.287 e. The summed E-state index contributed by atoms with van der Waals surface area (Å²) in [7, 11) is 0. The number of benzene rings is 1. The molecule has 0 atom stereocenters. The van der Waals surface area contributed by atoms with Crippen LogP contribution in [0.25, 0.3) is 0 Å². The fourth-order valence-electron chi connectivity index (χ4n) is 2.01. The summed E-state index contributed by atoms with van der Waals surface area (Å²) < 4.78 is 0. The maximum absolute atomic E-state index is 10.7. The lowest BCUT2D eigenvalue weighted by Crippen LogP contribution is -2.30. The van der Waals surface area contributed by atoms with E-state index < -0.39 is 9.85 Å². The first kappa shape index (κ1) is 15.1. The van der Waals surface area contributed by atoms with Crippen LogP contribution in [0, 0.1) is 20.2 Å². The largest absolute Gasteiger partial charge is 0.309 e. The van der Waals surface area contributed by atoms with Crippen LogP contribution < -0.4 is 10.3 Å². The molecule has 1 aliphatic rings. The number of non-ortho nitro benzene ring substituents is 1. The van der Waals surface area contributed by atoms with E-state index >= 15 is 0 Å². The van der Waals surface area contributed by atoms with E-state index in [-0.39, 0.29) is 11.4 Å². The predicted octanol–water partition coefficient (Wildman–Crippen LogP) is 1.95. The van der Waals surface area contributed by atoms with Gasteiger partial charge in [-0.3, -0.25) is 25.7 Å². The quantitative estimate of drug-likeness (QED) is 0.650. The van der Waals surface area contributed by atoms with Gasteiger partial charge in [0, 0.05) is 23.9 Å². The highest BCUT2D eigenvalue weighted by atomic mass is 16.6. The van der Waals surface area contributed by atoms with E-state index in [1.165, 1.54) is 29.4 Å². The topological polar surface area (TPSA) is 130 Å². The minimum absolute atomic E-state index is 0.0138. The van der Waals surface area contributed by atoms with Gasteiger partial charge in [0.1, 0.15) is 25.0 Å². The van der Waals surface area contributed by atoms with Crippen LogP contribution >= 0.6 is 0 Å². The maximum atomic E-state index is 10.7. The lowest BCUT2D eigenvalue weighted by Gasteiger charge is -2.19. The normalized spacial score (nSPS) is 13.2. The summed E-state index contributed by atoms with van der Waals surface area (Å²) in [5, 5.41) is 26.8. The van der Waals surface area contributed by atoms with Gasteiger partial charge in [-0.05, 0) is 18.2 Å². The van der Waals surface area contributed by atoms with E-state index in [4.69, 9.17) is 0 Å². The number of hydrogen-bond acceptors (Lipinski definition) is 9. The van der Waals surface area contributed by atoms with Crippen molar-refractivity contribution in [1.82, 2.24) is 10.1 Å². The van der Waals surface area contributed by atoms with Gasteiger partial charge in [-0.25, -0.2) is 4.98 Å². The molecule has 24 heavy (non-hydrogen) atoms. The minimum atomic E-state index is -0.527. The Hall–Kier alpha value is -3.76. The first-order valence-corrected chi connectivity index (χ1v) is 6.73. The third-order valence-electron chi connectivity index (χ3n) is 3.21. The van der Waals surface area contributed by atoms with E-state index in [1.54, 1.807) is 23.4 Å². The molecule has 0 fully saturated rings. The number of aromatic nitrogens is 1. The zero-order valence-electron chi connectivity index (χ0n) is 12.1. The van der Waals surface area contributed by atoms with Gasteiger partial charge in [0.25, 0.3) is 11.4 Å². The summed E-state index contributed by atoms with van der Waals surface area (Å²) >= 11 is 0. The van der Waals surface area contributed by atoms with Gasteiger partial charge in [-0.1, -0.05) is 0 Å². The Morgan fingerprint density at radius 1 is 1.00 bits per heavy atom. The molecule has 1 aromatic carbocycles. The maximum Gasteiger partial charge on any atom is 0.287 e. The number of hydrazine groups is 1. The van der Waals surface area contributed by atoms with E-state index in [1.807, 2.05) is 0 Å². The SMILES string of the molecule is O=[N+]([O-])c1ccc(N2C=NN(Nc3ccc([N+](=O)[O-])cn3)C2)cc1. The Morgan fingerprint density at radius 3 is 2.25 bits per heavy atom. The molecule has 1 aliphatic heterocycles. The van der Waals surface area contributed by atoms with Gasteiger partial charge in [0.15, 0.2) is 0 Å². The molecular formula is C13H11N7O4. The van der Waals surface area contributed by atoms with E-state index in [2.05, 4.69) is 15.5 Å². The molecule has 0 aliphatic carbocycles. The molecule has 11 nitrogen and oxygen atoms in total. The Bertz CT molecular complexity index is 791. The number of nitrogens with one attached hydrogen (secondary N) is 1. The second kappa shape index (κ2) is 6.16. The molecule has 0 radical (unpaired) electrons. The molecule has 122 valence electrons. The number of hydrogen-bond donors (Lipinski definition) is 1. The van der Waals surface area contributed by atoms with Crippen molar-refractivity contribution in [3.8, 4) is 0 Å². The van der Waals surface area contributed by atoms with Gasteiger partial charge in [0.2, 0.25) is 0 Å². The van der Waals surface area contributed by atoms with Crippen molar-refractivity contribution in [3.63, 3.8) is 0 Å². The summed E-state index contributed by atoms with van der Waals surface area (Å²) in [5.74, 6) is 0.406. The number of nitro benzene ring substituents is 1. The van der Waals surface area contributed by atoms with Crippen LogP contribution in [-0.2, 0) is 0 Å². The Labute approximate surface area is 135 Å². The fraction of sp³-hybridized carbons (Fsp3) is 0.0769. The van der Waals surface area contributed by atoms with Crippen LogP contribution in [-0.4, -0.2) is 33.0 Å². The number of anilines is 2. The number of hydrazone groups is 1. The van der Waals surface area contributed by atoms with Crippen molar-refractivity contribution >= 4 is 29.2 Å². The first-order valence-electron chi connectivity index (χ1n) is 6.73. The average Bonchev–Trinajstić information content (AvgIpc) is 3.04. The number of nitrogens with zero attached hydrogens (tertiary/aromatic N) is 6. The lowest BCUT2D eigenvalue weighted by molar-refractivity contribution is -0.385. The van der Waals surface area contributed by atoms with Gasteiger partial charge >= 0.3 is 0 Å². The van der Waals surface area contributed by atoms with Gasteiger partial charge in [-0.2, -0.15) is 5.12 Å². The average molecular weight is 329 g/mol. The van der Waals surface area contributed by atoms with Crippen molar-refractivity contribution < 1.29 is 9.85 Å². The molecule has 2 heterocycles. The highest BCUT2D eigenvalue weighted by Crippen LogP contribution is 2.21. The Balaban J connectivity index is 1.62. The molecule has 0 unspecified atom stereocenters. The lowest BCUT2D eigenvalue weighted by atomic mass is 10.3. The molecule has 0 saturated heterocycles. The zero-order valence-corrected chi connectivity index (χ0v) is 12.1. The van der Waals surface area contributed by atoms with Crippen LogP contribution in [0.1, 0.15) is 0 Å². The predicted molar refractivity (Wildman–Crippen MR) is 85.3 cm³/mol. The summed E-state index contributed by atoms with van der Waals surface area (Å²) in [5.41, 5.74) is 3.54. The summed E-state index contributed by atoms with van der Waals surface area (Å²) in [6, 6.07) is 8.88. The standard InChI is InChI=1S/C13H11N7O4/c21-19(22)11-3-1-10(2-4-11)17-8-15-18(9-17)16-13-6-5-12(7-14-13)20(23)24/h1-8H,9H2,(H,14,16). The molecule has 0 bridgehead atoms. The van der Waals surface area contributed by atoms with Crippen molar-refractivity contribution in [2.75, 3.05) is 17.0 Å². The summed E-state index contributed by atoms with van der Waals surface area (Å²) in [6.07, 6.45) is 2.70. The second-order valence-electron chi connectivity index (χ2n) is 4.79. The Morgan fingerprint density at radius 2 is 1.67 bits per heavy atom. The van der Waals surface area contributed by atoms with Crippen molar-refractivity contribution in [1.29, 1.82) is 0 Å². The third kappa shape index (κ3) is 3.19. The highest BCUT2D eigenvalue weighted by molar-refractivity contribution is 5.80. The monoisotopic (exact) mass is 329 g/mol. The van der Waals surface area contributed by atoms with Crippen LogP contribution in [0.5, 0.6) is 0 Å². The second-order valence-corrected chi connectivity index (χ2v) is 4.79. The van der Waals surface area contributed by atoms with E-state index in [0.717, 1.165) is 11.9 Å². The van der Waals surface area contributed by atoms with Crippen LogP contribution in [0.3, 0.4) is 0 Å². The molecular weight excluding hydrogens is 318 g/mol. The van der Waals surface area contributed by atoms with Gasteiger partial charge in [-0.15, -0.1) is 5.10 Å². The Kier molecular flexibility index (Phi) is 3.89. The van der Waals surface area contributed by atoms with Crippen LogP contribution in [0.2, 0.25) is 0 Å². The van der Waals surface area contributed by atoms with E-state index in [9.17, 15) is 20.2 Å². The number of rotatable bonds is 5. The third-order valence-corrected chi connectivity index (χ3v) is 3.21. The molecule has 0 spiro atoms. The highest BCUT2D eigenvalue weighted by Gasteiger charge is 2.17. The molecule has 2 aromatic rings. The van der Waals surface area contributed by atoms with Crippen LogP contribution in [0.4, 0.5) is 22.9 Å². The van der Waals surface area contributed by atoms with Crippen molar-refractivity contribution in [3.05, 3.63) is 62.8 Å². The first-order chi connectivity index (χ1) is 11.5. The summed E-state index contributed by atoms with van der Waals surface area (Å²) in [4.78, 5) is 25.9. The number of pyridine rings is 1. The molecule has 3 rings (SSSR count). The molecule has 1 aromatic heterocycles. The van der Waals surface area contributed by atoms with Gasteiger partial charge < -0.3 is 4.90 Å². The van der Waals surface area contributed by atoms with Crippen molar-refractivity contribution in [2.24, 2.45) is 5.10 Å². The molecule has 0 amide bonds. The molecule has 1 N–H and O–H groups in total. The van der Waals surface area contributed by atoms with E-state index in [0.29, 0.717) is 12.5 Å². The fourth-order valence-corrected chi connectivity index (χ4v) is 2.01. The molecule has 0 saturated carbocycles. The molecule has 11 heteroatoms. The van der Waals surface area contributed by atoms with Gasteiger partial charge in [0.05, 0.1) is 9.85 Å². The number of nitro groups is 2.